The lowest BCUT2D eigenvalue weighted by atomic mass is 9.62. The maximum absolute atomic E-state index is 15.9. The number of likely N-dealkylation sites (N-methyl/N-ethyl adjacent to an activating group) is 1. The number of carbonyl (C=O) groups is 2. The van der Waals surface area contributed by atoms with Gasteiger partial charge in [0.05, 0.1) is 11.1 Å². The zero-order valence-corrected chi connectivity index (χ0v) is 25.7. The summed E-state index contributed by atoms with van der Waals surface area (Å²) >= 11 is 12.6. The fourth-order valence-corrected chi connectivity index (χ4v) is 7.28. The molecule has 41 heavy (non-hydrogen) atoms. The minimum Gasteiger partial charge on any atom is -0.353 e. The van der Waals surface area contributed by atoms with Crippen LogP contribution in [0.1, 0.15) is 51.2 Å². The van der Waals surface area contributed by atoms with E-state index in [9.17, 15) is 9.59 Å². The van der Waals surface area contributed by atoms with Crippen LogP contribution < -0.4 is 16.0 Å². The van der Waals surface area contributed by atoms with Crippen molar-refractivity contribution >= 4 is 40.7 Å². The van der Waals surface area contributed by atoms with Crippen LogP contribution in [0.4, 0.5) is 10.1 Å². The number of hydrogen-bond acceptors (Lipinski definition) is 5. The van der Waals surface area contributed by atoms with Crippen LogP contribution in [0.2, 0.25) is 10.0 Å². The first-order valence-electron chi connectivity index (χ1n) is 14.5. The van der Waals surface area contributed by atoms with Gasteiger partial charge in [-0.15, -0.1) is 0 Å². The highest BCUT2D eigenvalue weighted by molar-refractivity contribution is 6.31. The molecular weight excluding hydrogens is 564 g/mol. The molecule has 4 atom stereocenters. The van der Waals surface area contributed by atoms with Crippen LogP contribution in [0.3, 0.4) is 0 Å². The molecule has 5 rings (SSSR count). The van der Waals surface area contributed by atoms with E-state index in [4.69, 9.17) is 23.2 Å². The van der Waals surface area contributed by atoms with Gasteiger partial charge in [-0.25, -0.2) is 4.39 Å². The van der Waals surface area contributed by atoms with E-state index in [-0.39, 0.29) is 27.8 Å². The Morgan fingerprint density at radius 2 is 1.83 bits per heavy atom. The minimum absolute atomic E-state index is 0.0444. The summed E-state index contributed by atoms with van der Waals surface area (Å²) < 4.78 is 15.9. The van der Waals surface area contributed by atoms with Gasteiger partial charge in [-0.1, -0.05) is 69.1 Å². The molecule has 222 valence electrons. The monoisotopic (exact) mass is 603 g/mol. The molecule has 0 radical (unpaired) electrons. The van der Waals surface area contributed by atoms with E-state index in [0.717, 1.165) is 39.3 Å². The summed E-state index contributed by atoms with van der Waals surface area (Å²) in [6.07, 6.45) is 0.576. The van der Waals surface area contributed by atoms with Crippen LogP contribution in [0.15, 0.2) is 36.4 Å². The molecule has 7 nitrogen and oxygen atoms in total. The molecule has 2 fully saturated rings. The van der Waals surface area contributed by atoms with Gasteiger partial charge < -0.3 is 20.9 Å². The third kappa shape index (κ3) is 5.74. The van der Waals surface area contributed by atoms with Gasteiger partial charge in [0.15, 0.2) is 0 Å². The number of hydrogen-bond donors (Lipinski definition) is 3. The van der Waals surface area contributed by atoms with Gasteiger partial charge in [0.2, 0.25) is 11.8 Å². The van der Waals surface area contributed by atoms with E-state index < -0.39 is 29.2 Å². The summed E-state index contributed by atoms with van der Waals surface area (Å²) in [6, 6.07) is 8.78. The van der Waals surface area contributed by atoms with Gasteiger partial charge in [0.1, 0.15) is 11.2 Å². The second-order valence-corrected chi connectivity index (χ2v) is 13.5. The standard InChI is InChI=1S/C31H40Cl2FN5O2/c1-5-38-13-15-39(16-14-38)12-11-35-28(40)27-25(20-7-6-8-22(33)26(20)34)31(24(37-27)18-30(2,3)4)21-10-9-19(32)17-23(21)36-29(31)41/h6-10,17,24-25,27,37H,5,11-16,18H2,1-4H3,(H,35,40)(H,36,41)/t24-,25+,27-,31+/m1/s1. The number of nitrogens with zero attached hydrogens (tertiary/aromatic N) is 2. The number of halogens is 3. The second-order valence-electron chi connectivity index (χ2n) is 12.7. The van der Waals surface area contributed by atoms with Crippen molar-refractivity contribution in [2.24, 2.45) is 5.41 Å². The van der Waals surface area contributed by atoms with Crippen LogP contribution in [-0.2, 0) is 15.0 Å². The van der Waals surface area contributed by atoms with Crippen molar-refractivity contribution in [1.29, 1.82) is 0 Å². The second kappa shape index (κ2) is 11.8. The Bertz CT molecular complexity index is 1310. The highest BCUT2D eigenvalue weighted by Crippen LogP contribution is 2.57. The molecule has 3 heterocycles. The van der Waals surface area contributed by atoms with E-state index >= 15 is 4.39 Å². The predicted octanol–water partition coefficient (Wildman–Crippen LogP) is 4.64. The summed E-state index contributed by atoms with van der Waals surface area (Å²) in [4.78, 5) is 32.9. The first-order valence-corrected chi connectivity index (χ1v) is 15.2. The smallest absolute Gasteiger partial charge is 0.237 e. The van der Waals surface area contributed by atoms with E-state index in [1.165, 1.54) is 6.07 Å². The Morgan fingerprint density at radius 3 is 2.51 bits per heavy atom. The highest BCUT2D eigenvalue weighted by atomic mass is 35.5. The Hall–Kier alpha value is -2.23. The van der Waals surface area contributed by atoms with Gasteiger partial charge in [0, 0.05) is 61.9 Å². The summed E-state index contributed by atoms with van der Waals surface area (Å²) in [5.41, 5.74) is 0.0982. The molecule has 3 aliphatic heterocycles. The third-order valence-corrected chi connectivity index (χ3v) is 9.39. The van der Waals surface area contributed by atoms with E-state index in [2.05, 4.69) is 53.4 Å². The molecule has 0 aromatic heterocycles. The molecule has 1 spiro atoms. The lowest BCUT2D eigenvalue weighted by Crippen LogP contribution is -2.50. The zero-order valence-electron chi connectivity index (χ0n) is 24.2. The number of amides is 2. The van der Waals surface area contributed by atoms with Crippen molar-refractivity contribution < 1.29 is 14.0 Å². The number of piperazine rings is 1. The maximum Gasteiger partial charge on any atom is 0.237 e. The van der Waals surface area contributed by atoms with Crippen LogP contribution in [0, 0.1) is 11.2 Å². The quantitative estimate of drug-likeness (QED) is 0.430. The summed E-state index contributed by atoms with van der Waals surface area (Å²) in [5.74, 6) is -1.99. The van der Waals surface area contributed by atoms with E-state index in [0.29, 0.717) is 29.2 Å². The summed E-state index contributed by atoms with van der Waals surface area (Å²) in [6.45, 7) is 14.6. The Labute approximate surface area is 252 Å². The molecule has 2 saturated heterocycles. The Balaban J connectivity index is 1.52. The van der Waals surface area contributed by atoms with Gasteiger partial charge in [0.25, 0.3) is 0 Å². The molecular formula is C31H40Cl2FN5O2. The van der Waals surface area contributed by atoms with Gasteiger partial charge in [-0.2, -0.15) is 0 Å². The Kier molecular flexibility index (Phi) is 8.71. The average molecular weight is 605 g/mol. The molecule has 3 N–H and O–H groups in total. The van der Waals surface area contributed by atoms with Gasteiger partial charge in [-0.05, 0) is 47.7 Å². The first-order chi connectivity index (χ1) is 19.5. The SMILES string of the molecule is CCN1CCN(CCNC(=O)[C@@H]2N[C@H](CC(C)(C)C)[C@]3(C(=O)Nc4cc(Cl)ccc43)[C@H]2c2cccc(Cl)c2F)CC1. The topological polar surface area (TPSA) is 76.7 Å². The molecule has 2 amide bonds. The molecule has 2 aromatic carbocycles. The minimum atomic E-state index is -1.25. The maximum atomic E-state index is 15.9. The third-order valence-electron chi connectivity index (χ3n) is 8.86. The van der Waals surface area contributed by atoms with Crippen molar-refractivity contribution in [3.63, 3.8) is 0 Å². The zero-order chi connectivity index (χ0) is 29.5. The van der Waals surface area contributed by atoms with Crippen molar-refractivity contribution in [1.82, 2.24) is 20.4 Å². The van der Waals surface area contributed by atoms with Crippen LogP contribution in [-0.4, -0.2) is 79.5 Å². The molecule has 2 aromatic rings. The molecule has 10 heteroatoms. The first kappa shape index (κ1) is 30.2. The number of anilines is 1. The van der Waals surface area contributed by atoms with Crippen LogP contribution in [0.25, 0.3) is 0 Å². The lowest BCUT2D eigenvalue weighted by Gasteiger charge is -2.37. The van der Waals surface area contributed by atoms with Crippen molar-refractivity contribution in [2.75, 3.05) is 51.1 Å². The molecule has 0 unspecified atom stereocenters. The average Bonchev–Trinajstić information content (AvgIpc) is 3.39. The fourth-order valence-electron chi connectivity index (χ4n) is 6.93. The number of nitrogens with one attached hydrogen (secondary N) is 3. The highest BCUT2D eigenvalue weighted by Gasteiger charge is 2.66. The molecule has 0 bridgehead atoms. The number of rotatable bonds is 7. The van der Waals surface area contributed by atoms with Crippen LogP contribution >= 0.6 is 23.2 Å². The van der Waals surface area contributed by atoms with Crippen molar-refractivity contribution in [3.8, 4) is 0 Å². The van der Waals surface area contributed by atoms with E-state index in [1.54, 1.807) is 24.3 Å². The lowest BCUT2D eigenvalue weighted by molar-refractivity contribution is -0.124. The van der Waals surface area contributed by atoms with Crippen LogP contribution in [0.5, 0.6) is 0 Å². The number of benzene rings is 2. The Morgan fingerprint density at radius 1 is 1.12 bits per heavy atom. The number of carbonyl (C=O) groups excluding carboxylic acids is 2. The molecule has 0 aliphatic carbocycles. The fraction of sp³-hybridized carbons (Fsp3) is 0.548. The summed E-state index contributed by atoms with van der Waals surface area (Å²) in [7, 11) is 0. The van der Waals surface area contributed by atoms with Crippen molar-refractivity contribution in [2.45, 2.75) is 57.5 Å². The normalized spacial score (nSPS) is 26.8. The molecule has 3 aliphatic rings. The van der Waals surface area contributed by atoms with Gasteiger partial charge in [-0.3, -0.25) is 14.5 Å². The van der Waals surface area contributed by atoms with Crippen molar-refractivity contribution in [3.05, 3.63) is 63.4 Å². The summed E-state index contributed by atoms with van der Waals surface area (Å²) in [5, 5.41) is 10.1. The van der Waals surface area contributed by atoms with E-state index in [1.807, 2.05) is 6.07 Å². The van der Waals surface area contributed by atoms with Gasteiger partial charge >= 0.3 is 0 Å². The molecule has 0 saturated carbocycles. The largest absolute Gasteiger partial charge is 0.353 e. The predicted molar refractivity (Wildman–Crippen MR) is 162 cm³/mol. The number of fused-ring (bicyclic) bond motifs is 2.